The Morgan fingerprint density at radius 3 is 3.11 bits per heavy atom. The first-order valence-corrected chi connectivity index (χ1v) is 7.77. The molecule has 1 saturated carbocycles. The van der Waals surface area contributed by atoms with Crippen LogP contribution in [-0.2, 0) is 11.2 Å². The predicted octanol–water partition coefficient (Wildman–Crippen LogP) is 2.24. The molecule has 1 unspecified atom stereocenters. The Labute approximate surface area is 112 Å². The maximum absolute atomic E-state index is 11.9. The van der Waals surface area contributed by atoms with E-state index in [0.717, 1.165) is 18.9 Å². The number of hydrogen-bond acceptors (Lipinski definition) is 3. The van der Waals surface area contributed by atoms with Crippen molar-refractivity contribution in [3.63, 3.8) is 0 Å². The highest BCUT2D eigenvalue weighted by Crippen LogP contribution is 2.33. The van der Waals surface area contributed by atoms with Crippen LogP contribution in [0.3, 0.4) is 0 Å². The van der Waals surface area contributed by atoms with Crippen LogP contribution in [0.4, 0.5) is 0 Å². The number of rotatable bonds is 5. The SMILES string of the molecule is O=C(CNCC1CC1)NC1CCCc2sccc21. The molecule has 3 rings (SSSR count). The number of nitrogens with one attached hydrogen (secondary N) is 2. The van der Waals surface area contributed by atoms with Crippen LogP contribution in [0.25, 0.3) is 0 Å². The minimum atomic E-state index is 0.139. The molecule has 0 radical (unpaired) electrons. The van der Waals surface area contributed by atoms with Crippen molar-refractivity contribution in [3.8, 4) is 0 Å². The molecule has 1 amide bonds. The number of thiophene rings is 1. The summed E-state index contributed by atoms with van der Waals surface area (Å²) in [6.45, 7) is 1.47. The Morgan fingerprint density at radius 1 is 1.39 bits per heavy atom. The molecule has 2 aliphatic carbocycles. The van der Waals surface area contributed by atoms with Gasteiger partial charge in [0.05, 0.1) is 12.6 Å². The van der Waals surface area contributed by atoms with Gasteiger partial charge in [-0.15, -0.1) is 11.3 Å². The van der Waals surface area contributed by atoms with E-state index in [-0.39, 0.29) is 11.9 Å². The molecule has 2 aliphatic rings. The zero-order chi connectivity index (χ0) is 12.4. The molecule has 0 aliphatic heterocycles. The first-order chi connectivity index (χ1) is 8.83. The molecule has 0 aromatic carbocycles. The highest BCUT2D eigenvalue weighted by atomic mass is 32.1. The molecule has 18 heavy (non-hydrogen) atoms. The van der Waals surface area contributed by atoms with Crippen LogP contribution in [0.15, 0.2) is 11.4 Å². The van der Waals surface area contributed by atoms with Crippen LogP contribution >= 0.6 is 11.3 Å². The maximum Gasteiger partial charge on any atom is 0.234 e. The molecule has 2 N–H and O–H groups in total. The van der Waals surface area contributed by atoms with Gasteiger partial charge in [-0.3, -0.25) is 4.79 Å². The summed E-state index contributed by atoms with van der Waals surface area (Å²) >= 11 is 1.82. The van der Waals surface area contributed by atoms with Crippen molar-refractivity contribution in [2.45, 2.75) is 38.1 Å². The highest BCUT2D eigenvalue weighted by Gasteiger charge is 2.23. The summed E-state index contributed by atoms with van der Waals surface area (Å²) in [4.78, 5) is 13.3. The number of aryl methyl sites for hydroxylation is 1. The molecule has 1 fully saturated rings. The van der Waals surface area contributed by atoms with E-state index in [0.29, 0.717) is 6.54 Å². The Bertz CT molecular complexity index is 425. The van der Waals surface area contributed by atoms with E-state index in [1.165, 1.54) is 36.1 Å². The van der Waals surface area contributed by atoms with Gasteiger partial charge in [0, 0.05) is 4.88 Å². The molecule has 1 aromatic heterocycles. The lowest BCUT2D eigenvalue weighted by molar-refractivity contribution is -0.121. The standard InChI is InChI=1S/C14H20N2OS/c17-14(9-15-8-10-4-5-10)16-12-2-1-3-13-11(12)6-7-18-13/h6-7,10,12,15H,1-5,8-9H2,(H,16,17). The zero-order valence-electron chi connectivity index (χ0n) is 10.6. The number of carbonyl (C=O) groups is 1. The van der Waals surface area contributed by atoms with E-state index in [2.05, 4.69) is 22.1 Å². The van der Waals surface area contributed by atoms with Gasteiger partial charge >= 0.3 is 0 Å². The molecule has 98 valence electrons. The van der Waals surface area contributed by atoms with Crippen LogP contribution in [0.2, 0.25) is 0 Å². The van der Waals surface area contributed by atoms with Crippen molar-refractivity contribution >= 4 is 17.2 Å². The molecular weight excluding hydrogens is 244 g/mol. The van der Waals surface area contributed by atoms with Crippen LogP contribution < -0.4 is 10.6 Å². The normalized spacial score (nSPS) is 22.6. The van der Waals surface area contributed by atoms with E-state index < -0.39 is 0 Å². The zero-order valence-corrected chi connectivity index (χ0v) is 11.4. The third kappa shape index (κ3) is 2.93. The summed E-state index contributed by atoms with van der Waals surface area (Å²) < 4.78 is 0. The largest absolute Gasteiger partial charge is 0.348 e. The molecule has 0 bridgehead atoms. The summed E-state index contributed by atoms with van der Waals surface area (Å²) in [5.41, 5.74) is 1.35. The third-order valence-corrected chi connectivity index (χ3v) is 4.80. The summed E-state index contributed by atoms with van der Waals surface area (Å²) in [6, 6.07) is 2.41. The monoisotopic (exact) mass is 264 g/mol. The van der Waals surface area contributed by atoms with E-state index >= 15 is 0 Å². The van der Waals surface area contributed by atoms with Gasteiger partial charge in [0.2, 0.25) is 5.91 Å². The summed E-state index contributed by atoms with van der Waals surface area (Å²) in [5, 5.41) is 8.54. The fraction of sp³-hybridized carbons (Fsp3) is 0.643. The fourth-order valence-electron chi connectivity index (χ4n) is 2.59. The van der Waals surface area contributed by atoms with Crippen molar-refractivity contribution in [2.24, 2.45) is 5.92 Å². The molecule has 1 heterocycles. The van der Waals surface area contributed by atoms with Gasteiger partial charge in [0.1, 0.15) is 0 Å². The van der Waals surface area contributed by atoms with Crippen molar-refractivity contribution < 1.29 is 4.79 Å². The first-order valence-electron chi connectivity index (χ1n) is 6.89. The van der Waals surface area contributed by atoms with Gasteiger partial charge in [-0.05, 0) is 61.6 Å². The van der Waals surface area contributed by atoms with Gasteiger partial charge in [-0.25, -0.2) is 0 Å². The van der Waals surface area contributed by atoms with Gasteiger partial charge < -0.3 is 10.6 Å². The quantitative estimate of drug-likeness (QED) is 0.856. The lowest BCUT2D eigenvalue weighted by Gasteiger charge is -2.23. The average Bonchev–Trinajstić information content (AvgIpc) is 3.05. The van der Waals surface area contributed by atoms with Crippen LogP contribution in [0.1, 0.15) is 42.2 Å². The Kier molecular flexibility index (Phi) is 3.66. The predicted molar refractivity (Wildman–Crippen MR) is 73.7 cm³/mol. The van der Waals surface area contributed by atoms with Crippen LogP contribution in [-0.4, -0.2) is 19.0 Å². The summed E-state index contributed by atoms with van der Waals surface area (Å²) in [5.74, 6) is 0.968. The third-order valence-electron chi connectivity index (χ3n) is 3.80. The van der Waals surface area contributed by atoms with Crippen molar-refractivity contribution in [2.75, 3.05) is 13.1 Å². The second kappa shape index (κ2) is 5.41. The second-order valence-electron chi connectivity index (χ2n) is 5.39. The molecule has 1 aromatic rings. The summed E-state index contributed by atoms with van der Waals surface area (Å²) in [6.07, 6.45) is 6.11. The summed E-state index contributed by atoms with van der Waals surface area (Å²) in [7, 11) is 0. The van der Waals surface area contributed by atoms with E-state index in [9.17, 15) is 4.79 Å². The smallest absolute Gasteiger partial charge is 0.234 e. The van der Waals surface area contributed by atoms with E-state index in [4.69, 9.17) is 0 Å². The number of hydrogen-bond donors (Lipinski definition) is 2. The first kappa shape index (κ1) is 12.2. The Morgan fingerprint density at radius 2 is 2.28 bits per heavy atom. The van der Waals surface area contributed by atoms with Crippen molar-refractivity contribution in [1.82, 2.24) is 10.6 Å². The average molecular weight is 264 g/mol. The second-order valence-corrected chi connectivity index (χ2v) is 6.39. The maximum atomic E-state index is 11.9. The fourth-order valence-corrected chi connectivity index (χ4v) is 3.58. The molecule has 4 heteroatoms. The van der Waals surface area contributed by atoms with Gasteiger partial charge in [-0.2, -0.15) is 0 Å². The Balaban J connectivity index is 1.48. The molecular formula is C14H20N2OS. The van der Waals surface area contributed by atoms with Crippen molar-refractivity contribution in [1.29, 1.82) is 0 Å². The van der Waals surface area contributed by atoms with Gasteiger partial charge in [0.25, 0.3) is 0 Å². The van der Waals surface area contributed by atoms with E-state index in [1.807, 2.05) is 11.3 Å². The number of fused-ring (bicyclic) bond motifs is 1. The molecule has 3 nitrogen and oxygen atoms in total. The van der Waals surface area contributed by atoms with Gasteiger partial charge in [-0.1, -0.05) is 0 Å². The minimum absolute atomic E-state index is 0.139. The van der Waals surface area contributed by atoms with Gasteiger partial charge in [0.15, 0.2) is 0 Å². The highest BCUT2D eigenvalue weighted by molar-refractivity contribution is 7.10. The topological polar surface area (TPSA) is 41.1 Å². The minimum Gasteiger partial charge on any atom is -0.348 e. The van der Waals surface area contributed by atoms with Crippen LogP contribution in [0, 0.1) is 5.92 Å². The van der Waals surface area contributed by atoms with E-state index in [1.54, 1.807) is 0 Å². The van der Waals surface area contributed by atoms with Crippen molar-refractivity contribution in [3.05, 3.63) is 21.9 Å². The molecule has 0 spiro atoms. The lowest BCUT2D eigenvalue weighted by Crippen LogP contribution is -2.37. The molecule has 0 saturated heterocycles. The Hall–Kier alpha value is -0.870. The molecule has 1 atom stereocenters. The number of carbonyl (C=O) groups excluding carboxylic acids is 1. The number of amides is 1. The van der Waals surface area contributed by atoms with Crippen LogP contribution in [0.5, 0.6) is 0 Å². The lowest BCUT2D eigenvalue weighted by atomic mass is 9.94.